The van der Waals surface area contributed by atoms with Crippen LogP contribution in [0.15, 0.2) is 40.2 Å². The van der Waals surface area contributed by atoms with Crippen molar-refractivity contribution in [1.82, 2.24) is 5.16 Å². The molecule has 0 atom stereocenters. The normalized spacial score (nSPS) is 10.8. The molecule has 0 aliphatic heterocycles. The number of anilines is 1. The average molecular weight is 295 g/mol. The highest BCUT2D eigenvalue weighted by Crippen LogP contribution is 2.41. The smallest absolute Gasteiger partial charge is 0.230 e. The Morgan fingerprint density at radius 1 is 1.21 bits per heavy atom. The Hall–Kier alpha value is -1.85. The fourth-order valence-corrected chi connectivity index (χ4v) is 2.83. The van der Waals surface area contributed by atoms with Gasteiger partial charge in [-0.2, -0.15) is 0 Å². The summed E-state index contributed by atoms with van der Waals surface area (Å²) in [5, 5.41) is 6.07. The fourth-order valence-electron chi connectivity index (χ4n) is 1.86. The van der Waals surface area contributed by atoms with Crippen LogP contribution in [0, 0.1) is 5.82 Å². The van der Waals surface area contributed by atoms with Crippen LogP contribution >= 0.6 is 22.9 Å². The van der Waals surface area contributed by atoms with Crippen molar-refractivity contribution in [2.45, 2.75) is 0 Å². The van der Waals surface area contributed by atoms with Crippen molar-refractivity contribution in [3.8, 4) is 21.7 Å². The maximum Gasteiger partial charge on any atom is 0.230 e. The molecule has 1 aromatic carbocycles. The zero-order valence-corrected chi connectivity index (χ0v) is 11.1. The summed E-state index contributed by atoms with van der Waals surface area (Å²) in [6.45, 7) is 0. The van der Waals surface area contributed by atoms with Gasteiger partial charge in [-0.1, -0.05) is 28.9 Å². The predicted octanol–water partition coefficient (Wildman–Crippen LogP) is 4.44. The number of benzene rings is 1. The van der Waals surface area contributed by atoms with Gasteiger partial charge < -0.3 is 10.3 Å². The van der Waals surface area contributed by atoms with E-state index in [-0.39, 0.29) is 16.5 Å². The molecule has 0 aliphatic carbocycles. The molecule has 3 nitrogen and oxygen atoms in total. The molecule has 0 spiro atoms. The van der Waals surface area contributed by atoms with Crippen LogP contribution in [0.25, 0.3) is 21.7 Å². The number of hydrogen-bond acceptors (Lipinski definition) is 4. The number of nitrogens with zero attached hydrogens (tertiary/aromatic N) is 1. The molecular weight excluding hydrogens is 287 g/mol. The predicted molar refractivity (Wildman–Crippen MR) is 74.6 cm³/mol. The van der Waals surface area contributed by atoms with Crippen molar-refractivity contribution in [3.63, 3.8) is 0 Å². The molecule has 3 rings (SSSR count). The second kappa shape index (κ2) is 4.68. The van der Waals surface area contributed by atoms with Gasteiger partial charge in [0.25, 0.3) is 0 Å². The SMILES string of the molecule is Nc1onc(-c2cccs2)c1-c1c(F)cccc1Cl. The number of thiophene rings is 1. The quantitative estimate of drug-likeness (QED) is 0.760. The van der Waals surface area contributed by atoms with E-state index >= 15 is 0 Å². The molecule has 3 aromatic rings. The Labute approximate surface area is 117 Å². The minimum absolute atomic E-state index is 0.0513. The molecule has 0 radical (unpaired) electrons. The van der Waals surface area contributed by atoms with E-state index in [0.717, 1.165) is 4.88 Å². The zero-order chi connectivity index (χ0) is 13.4. The first kappa shape index (κ1) is 12.2. The number of aromatic nitrogens is 1. The molecule has 6 heteroatoms. The van der Waals surface area contributed by atoms with Gasteiger partial charge in [-0.25, -0.2) is 4.39 Å². The second-order valence-electron chi connectivity index (χ2n) is 3.84. The van der Waals surface area contributed by atoms with Gasteiger partial charge in [-0.15, -0.1) is 11.3 Å². The highest BCUT2D eigenvalue weighted by Gasteiger charge is 2.22. The molecular formula is C13H8ClFN2OS. The third-order valence-electron chi connectivity index (χ3n) is 2.69. The standard InChI is InChI=1S/C13H8ClFN2OS/c14-7-3-1-4-8(15)10(7)11-12(17-18-13(11)16)9-5-2-6-19-9/h1-6H,16H2. The van der Waals surface area contributed by atoms with Gasteiger partial charge in [-0.3, -0.25) is 0 Å². The van der Waals surface area contributed by atoms with Gasteiger partial charge in [0, 0.05) is 5.56 Å². The van der Waals surface area contributed by atoms with Crippen molar-refractivity contribution in [1.29, 1.82) is 0 Å². The molecule has 2 aromatic heterocycles. The second-order valence-corrected chi connectivity index (χ2v) is 5.20. The van der Waals surface area contributed by atoms with Crippen LogP contribution in [0.2, 0.25) is 5.02 Å². The summed E-state index contributed by atoms with van der Waals surface area (Å²) in [6.07, 6.45) is 0. The van der Waals surface area contributed by atoms with Gasteiger partial charge in [0.05, 0.1) is 15.5 Å². The lowest BCUT2D eigenvalue weighted by molar-refractivity contribution is 0.439. The van der Waals surface area contributed by atoms with E-state index in [1.54, 1.807) is 6.07 Å². The lowest BCUT2D eigenvalue weighted by Crippen LogP contribution is -1.91. The van der Waals surface area contributed by atoms with Crippen LogP contribution in [0.4, 0.5) is 10.3 Å². The van der Waals surface area contributed by atoms with E-state index in [4.69, 9.17) is 21.9 Å². The van der Waals surface area contributed by atoms with Crippen molar-refractivity contribution in [2.24, 2.45) is 0 Å². The number of nitrogens with two attached hydrogens (primary N) is 1. The molecule has 19 heavy (non-hydrogen) atoms. The van der Waals surface area contributed by atoms with Crippen molar-refractivity contribution in [3.05, 3.63) is 46.6 Å². The highest BCUT2D eigenvalue weighted by molar-refractivity contribution is 7.13. The summed E-state index contributed by atoms with van der Waals surface area (Å²) in [7, 11) is 0. The van der Waals surface area contributed by atoms with Gasteiger partial charge >= 0.3 is 0 Å². The first-order valence-corrected chi connectivity index (χ1v) is 6.67. The maximum absolute atomic E-state index is 14.0. The fraction of sp³-hybridized carbons (Fsp3) is 0. The number of hydrogen-bond donors (Lipinski definition) is 1. The first-order valence-electron chi connectivity index (χ1n) is 5.42. The Kier molecular flexibility index (Phi) is 3.00. The largest absolute Gasteiger partial charge is 0.367 e. The van der Waals surface area contributed by atoms with Gasteiger partial charge in [0.15, 0.2) is 0 Å². The number of rotatable bonds is 2. The maximum atomic E-state index is 14.0. The topological polar surface area (TPSA) is 52.0 Å². The summed E-state index contributed by atoms with van der Waals surface area (Å²) < 4.78 is 19.0. The molecule has 0 saturated carbocycles. The summed E-state index contributed by atoms with van der Waals surface area (Å²) in [4.78, 5) is 0.842. The number of halogens is 2. The van der Waals surface area contributed by atoms with Crippen molar-refractivity contribution < 1.29 is 8.91 Å². The van der Waals surface area contributed by atoms with E-state index in [1.807, 2.05) is 17.5 Å². The third kappa shape index (κ3) is 2.01. The highest BCUT2D eigenvalue weighted by atomic mass is 35.5. The molecule has 0 saturated heterocycles. The Morgan fingerprint density at radius 3 is 2.74 bits per heavy atom. The van der Waals surface area contributed by atoms with E-state index in [0.29, 0.717) is 11.3 Å². The van der Waals surface area contributed by atoms with Crippen molar-refractivity contribution in [2.75, 3.05) is 5.73 Å². The lowest BCUT2D eigenvalue weighted by Gasteiger charge is -2.05. The molecule has 96 valence electrons. The van der Waals surface area contributed by atoms with Crippen LogP contribution in [-0.4, -0.2) is 5.16 Å². The molecule has 2 N–H and O–H groups in total. The van der Waals surface area contributed by atoms with Crippen LogP contribution in [0.3, 0.4) is 0 Å². The molecule has 0 aliphatic rings. The number of nitrogen functional groups attached to an aromatic ring is 1. The minimum atomic E-state index is -0.458. The molecule has 2 heterocycles. The lowest BCUT2D eigenvalue weighted by atomic mass is 10.0. The van der Waals surface area contributed by atoms with Crippen LogP contribution in [-0.2, 0) is 0 Å². The zero-order valence-electron chi connectivity index (χ0n) is 9.56. The van der Waals surface area contributed by atoms with E-state index < -0.39 is 5.82 Å². The molecule has 0 bridgehead atoms. The molecule has 0 amide bonds. The van der Waals surface area contributed by atoms with Crippen LogP contribution in [0.1, 0.15) is 0 Å². The minimum Gasteiger partial charge on any atom is -0.367 e. The Morgan fingerprint density at radius 2 is 2.05 bits per heavy atom. The molecule has 0 unspecified atom stereocenters. The van der Waals surface area contributed by atoms with Gasteiger partial charge in [0.2, 0.25) is 5.88 Å². The van der Waals surface area contributed by atoms with E-state index in [9.17, 15) is 4.39 Å². The summed E-state index contributed by atoms with van der Waals surface area (Å²) in [5.41, 5.74) is 6.88. The Bertz CT molecular complexity index is 704. The van der Waals surface area contributed by atoms with Gasteiger partial charge in [-0.05, 0) is 23.6 Å². The average Bonchev–Trinajstić information content (AvgIpc) is 2.99. The summed E-state index contributed by atoms with van der Waals surface area (Å²) >= 11 is 7.53. The first-order chi connectivity index (χ1) is 9.18. The monoisotopic (exact) mass is 294 g/mol. The van der Waals surface area contributed by atoms with Crippen molar-refractivity contribution >= 4 is 28.8 Å². The molecule has 0 fully saturated rings. The van der Waals surface area contributed by atoms with E-state index in [2.05, 4.69) is 5.16 Å². The van der Waals surface area contributed by atoms with Gasteiger partial charge in [0.1, 0.15) is 11.5 Å². The summed E-state index contributed by atoms with van der Waals surface area (Å²) in [6, 6.07) is 8.20. The Balaban J connectivity index is 2.29. The van der Waals surface area contributed by atoms with E-state index in [1.165, 1.54) is 23.5 Å². The summed E-state index contributed by atoms with van der Waals surface area (Å²) in [5.74, 6) is -0.407. The van der Waals surface area contributed by atoms with Crippen LogP contribution in [0.5, 0.6) is 0 Å². The van der Waals surface area contributed by atoms with Crippen LogP contribution < -0.4 is 5.73 Å². The third-order valence-corrected chi connectivity index (χ3v) is 3.88.